The molecule has 0 saturated carbocycles. The SMILES string of the molecule is CC(C)N1CCc2c(sc(NC(=O)C=Cc3ccc([N+](=O)[O-])cc3)c2-c2nc3ccccc3s2)C1. The molecule has 1 N–H and O–H groups in total. The highest BCUT2D eigenvalue weighted by atomic mass is 32.1. The molecule has 9 heteroatoms. The van der Waals surface area contributed by atoms with Gasteiger partial charge in [0.05, 0.1) is 15.1 Å². The second-order valence-corrected chi connectivity index (χ2v) is 10.8. The highest BCUT2D eigenvalue weighted by Crippen LogP contribution is 2.45. The number of para-hydroxylation sites is 1. The van der Waals surface area contributed by atoms with E-state index in [1.54, 1.807) is 40.9 Å². The third-order valence-electron chi connectivity index (χ3n) is 6.09. The summed E-state index contributed by atoms with van der Waals surface area (Å²) in [6, 6.07) is 14.6. The van der Waals surface area contributed by atoms with Gasteiger partial charge in [0.25, 0.3) is 5.69 Å². The molecule has 0 atom stereocenters. The highest BCUT2D eigenvalue weighted by molar-refractivity contribution is 7.23. The Kier molecular flexibility index (Phi) is 6.46. The lowest BCUT2D eigenvalue weighted by Gasteiger charge is -2.30. The van der Waals surface area contributed by atoms with E-state index < -0.39 is 4.92 Å². The van der Waals surface area contributed by atoms with Crippen LogP contribution >= 0.6 is 22.7 Å². The summed E-state index contributed by atoms with van der Waals surface area (Å²) >= 11 is 3.27. The lowest BCUT2D eigenvalue weighted by atomic mass is 10.0. The number of thiazole rings is 1. The topological polar surface area (TPSA) is 88.4 Å². The summed E-state index contributed by atoms with van der Waals surface area (Å²) in [4.78, 5) is 31.9. The number of nitrogens with one attached hydrogen (secondary N) is 1. The number of hydrogen-bond donors (Lipinski definition) is 1. The van der Waals surface area contributed by atoms with E-state index in [2.05, 4.69) is 30.1 Å². The van der Waals surface area contributed by atoms with Crippen molar-refractivity contribution in [1.82, 2.24) is 9.88 Å². The van der Waals surface area contributed by atoms with Gasteiger partial charge in [0.15, 0.2) is 0 Å². The molecule has 1 amide bonds. The van der Waals surface area contributed by atoms with Gasteiger partial charge in [-0.2, -0.15) is 0 Å². The minimum absolute atomic E-state index is 0.0201. The van der Waals surface area contributed by atoms with Crippen molar-refractivity contribution in [3.63, 3.8) is 0 Å². The Morgan fingerprint density at radius 1 is 1.17 bits per heavy atom. The van der Waals surface area contributed by atoms with E-state index in [4.69, 9.17) is 4.98 Å². The second-order valence-electron chi connectivity index (χ2n) is 8.68. The van der Waals surface area contributed by atoms with Gasteiger partial charge in [-0.3, -0.25) is 19.8 Å². The molecule has 7 nitrogen and oxygen atoms in total. The first-order valence-corrected chi connectivity index (χ1v) is 13.0. The number of benzene rings is 2. The van der Waals surface area contributed by atoms with Gasteiger partial charge in [-0.25, -0.2) is 4.98 Å². The number of nitro benzene ring substituents is 1. The molecule has 1 aliphatic rings. The number of anilines is 1. The van der Waals surface area contributed by atoms with Gasteiger partial charge in [0.2, 0.25) is 5.91 Å². The second kappa shape index (κ2) is 9.69. The summed E-state index contributed by atoms with van der Waals surface area (Å²) < 4.78 is 1.12. The van der Waals surface area contributed by atoms with Crippen LogP contribution in [0.4, 0.5) is 10.7 Å². The molecule has 2 aromatic heterocycles. The lowest BCUT2D eigenvalue weighted by molar-refractivity contribution is -0.384. The van der Waals surface area contributed by atoms with Crippen LogP contribution in [0.5, 0.6) is 0 Å². The summed E-state index contributed by atoms with van der Waals surface area (Å²) in [5.41, 5.74) is 4.01. The Labute approximate surface area is 210 Å². The Balaban J connectivity index is 1.45. The molecule has 0 aliphatic carbocycles. The first kappa shape index (κ1) is 23.3. The van der Waals surface area contributed by atoms with Crippen LogP contribution in [0.25, 0.3) is 26.9 Å². The normalized spacial score (nSPS) is 14.0. The quantitative estimate of drug-likeness (QED) is 0.188. The number of aromatic nitrogens is 1. The van der Waals surface area contributed by atoms with Gasteiger partial charge >= 0.3 is 0 Å². The molecule has 0 spiro atoms. The van der Waals surface area contributed by atoms with Crippen LogP contribution in [-0.2, 0) is 17.8 Å². The van der Waals surface area contributed by atoms with E-state index in [9.17, 15) is 14.9 Å². The number of carbonyl (C=O) groups is 1. The highest BCUT2D eigenvalue weighted by Gasteiger charge is 2.28. The minimum atomic E-state index is -0.442. The standard InChI is InChI=1S/C26H24N4O3S2/c1-16(2)29-14-13-19-22(15-29)35-26(24(19)25-27-20-5-3-4-6-21(20)34-25)28-23(31)12-9-17-7-10-18(11-8-17)30(32)33/h3-12,16H,13-15H2,1-2H3,(H,28,31). The predicted molar refractivity (Wildman–Crippen MR) is 143 cm³/mol. The fourth-order valence-corrected chi connectivity index (χ4v) is 6.58. The average Bonchev–Trinajstić information content (AvgIpc) is 3.42. The van der Waals surface area contributed by atoms with Crippen molar-refractivity contribution in [3.05, 3.63) is 80.7 Å². The maximum absolute atomic E-state index is 12.9. The van der Waals surface area contributed by atoms with Gasteiger partial charge in [0.1, 0.15) is 10.0 Å². The number of nitro groups is 1. The summed E-state index contributed by atoms with van der Waals surface area (Å²) in [6.45, 7) is 6.26. The first-order valence-electron chi connectivity index (χ1n) is 11.4. The molecule has 35 heavy (non-hydrogen) atoms. The number of carbonyl (C=O) groups excluding carboxylic acids is 1. The van der Waals surface area contributed by atoms with Gasteiger partial charge in [-0.1, -0.05) is 12.1 Å². The van der Waals surface area contributed by atoms with Crippen LogP contribution in [-0.4, -0.2) is 33.3 Å². The average molecular weight is 505 g/mol. The molecule has 0 saturated heterocycles. The van der Waals surface area contributed by atoms with Crippen LogP contribution in [0, 0.1) is 10.1 Å². The van der Waals surface area contributed by atoms with E-state index in [-0.39, 0.29) is 11.6 Å². The lowest BCUT2D eigenvalue weighted by Crippen LogP contribution is -2.35. The van der Waals surface area contributed by atoms with Crippen molar-refractivity contribution >= 4 is 55.6 Å². The van der Waals surface area contributed by atoms with Crippen LogP contribution in [0.2, 0.25) is 0 Å². The van der Waals surface area contributed by atoms with Crippen molar-refractivity contribution in [2.24, 2.45) is 0 Å². The predicted octanol–water partition coefficient (Wildman–Crippen LogP) is 6.35. The number of amides is 1. The Hall–Kier alpha value is -3.40. The van der Waals surface area contributed by atoms with Gasteiger partial charge in [0, 0.05) is 47.8 Å². The fourth-order valence-electron chi connectivity index (χ4n) is 4.19. The molecule has 3 heterocycles. The number of non-ortho nitro benzene ring substituents is 1. The summed E-state index contributed by atoms with van der Waals surface area (Å²) in [5, 5.41) is 15.7. The molecule has 0 fully saturated rings. The van der Waals surface area contributed by atoms with E-state index in [1.807, 2.05) is 18.2 Å². The number of fused-ring (bicyclic) bond motifs is 2. The molecule has 4 aromatic rings. The Morgan fingerprint density at radius 3 is 2.66 bits per heavy atom. The van der Waals surface area contributed by atoms with Crippen LogP contribution in [0.3, 0.4) is 0 Å². The molecule has 0 unspecified atom stereocenters. The van der Waals surface area contributed by atoms with Gasteiger partial charge in [-0.05, 0) is 61.7 Å². The minimum Gasteiger partial charge on any atom is -0.313 e. The van der Waals surface area contributed by atoms with Crippen molar-refractivity contribution in [1.29, 1.82) is 0 Å². The Bertz CT molecular complexity index is 1400. The monoisotopic (exact) mass is 504 g/mol. The summed E-state index contributed by atoms with van der Waals surface area (Å²) in [5.74, 6) is -0.245. The third-order valence-corrected chi connectivity index (χ3v) is 8.28. The van der Waals surface area contributed by atoms with E-state index >= 15 is 0 Å². The first-order chi connectivity index (χ1) is 16.9. The maximum Gasteiger partial charge on any atom is 0.269 e. The van der Waals surface area contributed by atoms with Crippen molar-refractivity contribution in [2.75, 3.05) is 11.9 Å². The molecular formula is C26H24N4O3S2. The molecular weight excluding hydrogens is 480 g/mol. The van der Waals surface area contributed by atoms with Crippen LogP contribution in [0.1, 0.15) is 29.9 Å². The van der Waals surface area contributed by atoms with Crippen LogP contribution in [0.15, 0.2) is 54.6 Å². The number of thiophene rings is 1. The molecule has 0 bridgehead atoms. The van der Waals surface area contributed by atoms with E-state index in [1.165, 1.54) is 28.6 Å². The molecule has 1 aliphatic heterocycles. The van der Waals surface area contributed by atoms with Gasteiger partial charge in [-0.15, -0.1) is 22.7 Å². The fraction of sp³-hybridized carbons (Fsp3) is 0.231. The van der Waals surface area contributed by atoms with Crippen molar-refractivity contribution in [3.8, 4) is 10.6 Å². The van der Waals surface area contributed by atoms with E-state index in [0.717, 1.165) is 50.9 Å². The Morgan fingerprint density at radius 2 is 1.94 bits per heavy atom. The number of hydrogen-bond acceptors (Lipinski definition) is 7. The molecule has 178 valence electrons. The smallest absolute Gasteiger partial charge is 0.269 e. The van der Waals surface area contributed by atoms with Crippen LogP contribution < -0.4 is 5.32 Å². The largest absolute Gasteiger partial charge is 0.313 e. The molecule has 2 aromatic carbocycles. The molecule has 0 radical (unpaired) electrons. The zero-order chi connectivity index (χ0) is 24.5. The summed E-state index contributed by atoms with van der Waals surface area (Å²) in [7, 11) is 0. The summed E-state index contributed by atoms with van der Waals surface area (Å²) in [6.07, 6.45) is 4.04. The number of rotatable bonds is 6. The van der Waals surface area contributed by atoms with Crippen molar-refractivity contribution < 1.29 is 9.72 Å². The van der Waals surface area contributed by atoms with Gasteiger partial charge < -0.3 is 5.32 Å². The zero-order valence-electron chi connectivity index (χ0n) is 19.4. The third kappa shape index (κ3) is 4.88. The zero-order valence-corrected chi connectivity index (χ0v) is 21.0. The maximum atomic E-state index is 12.9. The number of nitrogens with zero attached hydrogens (tertiary/aromatic N) is 3. The van der Waals surface area contributed by atoms with Crippen molar-refractivity contribution in [2.45, 2.75) is 32.9 Å². The van der Waals surface area contributed by atoms with E-state index in [0.29, 0.717) is 6.04 Å². The molecule has 5 rings (SSSR count).